The predicted molar refractivity (Wildman–Crippen MR) is 117 cm³/mol. The van der Waals surface area contributed by atoms with Crippen LogP contribution in [0.15, 0.2) is 47.5 Å². The Hall–Kier alpha value is -3.53. The highest BCUT2D eigenvalue weighted by molar-refractivity contribution is 6.33. The van der Waals surface area contributed by atoms with Crippen LogP contribution in [-0.4, -0.2) is 26.3 Å². The van der Waals surface area contributed by atoms with Crippen molar-refractivity contribution in [1.82, 2.24) is 9.97 Å². The summed E-state index contributed by atoms with van der Waals surface area (Å²) in [7, 11) is 0. The standard InChI is InChI=1S/C23H15ClF4N4O2/c24-16-8-18(17(25)7-14(16)11-1-4-20(29-9-11)23(26,27)28)31-22(34)32-13-2-3-19(32)15-10-30-21(33)6-12(15)5-13/h1,4,6-10,19H,2-3,5H2,(H-,30,31,33,34)/p+1/t19-/m1/s1. The molecule has 0 radical (unpaired) electrons. The molecule has 2 N–H and O–H groups in total. The smallest absolute Gasteiger partial charge is 0.329 e. The average molecular weight is 492 g/mol. The molecule has 0 spiro atoms. The zero-order valence-corrected chi connectivity index (χ0v) is 18.1. The third-order valence-electron chi connectivity index (χ3n) is 6.04. The summed E-state index contributed by atoms with van der Waals surface area (Å²) in [6.07, 6.45) is -0.217. The van der Waals surface area contributed by atoms with Crippen molar-refractivity contribution >= 4 is 29.0 Å². The highest BCUT2D eigenvalue weighted by Crippen LogP contribution is 2.37. The lowest BCUT2D eigenvalue weighted by Gasteiger charge is -2.20. The van der Waals surface area contributed by atoms with Gasteiger partial charge in [0.1, 0.15) is 11.7 Å². The van der Waals surface area contributed by atoms with Crippen molar-refractivity contribution in [3.8, 4) is 11.1 Å². The number of benzene rings is 1. The van der Waals surface area contributed by atoms with Crippen LogP contribution >= 0.6 is 11.6 Å². The molecule has 11 heteroatoms. The molecule has 6 nitrogen and oxygen atoms in total. The summed E-state index contributed by atoms with van der Waals surface area (Å²) >= 11 is 6.27. The molecule has 0 aliphatic carbocycles. The van der Waals surface area contributed by atoms with Gasteiger partial charge in [0.2, 0.25) is 5.56 Å². The summed E-state index contributed by atoms with van der Waals surface area (Å²) in [6, 6.07) is 4.91. The van der Waals surface area contributed by atoms with E-state index in [0.29, 0.717) is 19.3 Å². The fourth-order valence-electron chi connectivity index (χ4n) is 4.49. The normalized spacial score (nSPS) is 17.0. The van der Waals surface area contributed by atoms with Crippen LogP contribution in [0.3, 0.4) is 0 Å². The lowest BCUT2D eigenvalue weighted by molar-refractivity contribution is -0.468. The summed E-state index contributed by atoms with van der Waals surface area (Å²) in [4.78, 5) is 30.7. The molecule has 34 heavy (non-hydrogen) atoms. The summed E-state index contributed by atoms with van der Waals surface area (Å²) in [5.74, 6) is -0.799. The zero-order chi connectivity index (χ0) is 24.2. The number of rotatable bonds is 2. The molecular weight excluding hydrogens is 476 g/mol. The Morgan fingerprint density at radius 2 is 2.03 bits per heavy atom. The highest BCUT2D eigenvalue weighted by atomic mass is 35.5. The molecule has 4 heterocycles. The number of halogens is 5. The first-order valence-corrected chi connectivity index (χ1v) is 10.7. The molecule has 3 aromatic rings. The molecular formula is C23H16ClF4N4O2+. The van der Waals surface area contributed by atoms with Gasteiger partial charge in [0.15, 0.2) is 11.5 Å². The van der Waals surface area contributed by atoms with Crippen molar-refractivity contribution in [2.24, 2.45) is 0 Å². The average Bonchev–Trinajstić information content (AvgIpc) is 3.10. The van der Waals surface area contributed by atoms with E-state index in [0.717, 1.165) is 41.2 Å². The van der Waals surface area contributed by atoms with E-state index >= 15 is 0 Å². The summed E-state index contributed by atoms with van der Waals surface area (Å²) in [5.41, 5.74) is 1.44. The third kappa shape index (κ3) is 3.87. The molecule has 2 aliphatic rings. The number of hydrogen-bond donors (Lipinski definition) is 2. The topological polar surface area (TPSA) is 77.9 Å². The minimum absolute atomic E-state index is 0.0375. The quantitative estimate of drug-likeness (QED) is 0.376. The number of aromatic amines is 1. The number of aromatic nitrogens is 2. The first-order chi connectivity index (χ1) is 16.1. The lowest BCUT2D eigenvalue weighted by Crippen LogP contribution is -2.35. The molecule has 0 fully saturated rings. The number of amides is 2. The van der Waals surface area contributed by atoms with Crippen molar-refractivity contribution in [2.45, 2.75) is 31.5 Å². The molecule has 5 rings (SSSR count). The first kappa shape index (κ1) is 22.3. The van der Waals surface area contributed by atoms with Crippen LogP contribution in [0.5, 0.6) is 0 Å². The van der Waals surface area contributed by atoms with E-state index < -0.39 is 23.7 Å². The van der Waals surface area contributed by atoms with E-state index in [-0.39, 0.29) is 33.4 Å². The maximum atomic E-state index is 14.9. The Kier molecular flexibility index (Phi) is 5.27. The molecule has 0 saturated heterocycles. The fraction of sp³-hybridized carbons (Fsp3) is 0.217. The van der Waals surface area contributed by atoms with Gasteiger partial charge < -0.3 is 4.98 Å². The molecule has 2 aromatic heterocycles. The van der Waals surface area contributed by atoms with Crippen LogP contribution in [0.25, 0.3) is 11.1 Å². The highest BCUT2D eigenvalue weighted by Gasteiger charge is 2.41. The van der Waals surface area contributed by atoms with Gasteiger partial charge in [-0.2, -0.15) is 22.5 Å². The van der Waals surface area contributed by atoms with Crippen LogP contribution in [0.1, 0.15) is 35.7 Å². The van der Waals surface area contributed by atoms with Crippen LogP contribution < -0.4 is 10.9 Å². The van der Waals surface area contributed by atoms with Gasteiger partial charge in [-0.25, -0.2) is 9.71 Å². The Morgan fingerprint density at radius 3 is 2.74 bits per heavy atom. The monoisotopic (exact) mass is 491 g/mol. The Morgan fingerprint density at radius 1 is 1.24 bits per heavy atom. The number of fused-ring (bicyclic) bond motifs is 3. The van der Waals surface area contributed by atoms with E-state index in [1.807, 2.05) is 0 Å². The van der Waals surface area contributed by atoms with E-state index in [1.165, 1.54) is 12.1 Å². The minimum Gasteiger partial charge on any atom is -0.329 e. The number of carbonyl (C=O) groups is 1. The van der Waals surface area contributed by atoms with E-state index in [9.17, 15) is 27.2 Å². The fourth-order valence-corrected chi connectivity index (χ4v) is 4.77. The lowest BCUT2D eigenvalue weighted by atomic mass is 9.98. The molecule has 1 aromatic carbocycles. The number of H-pyrrole nitrogens is 1. The molecule has 2 bridgehead atoms. The van der Waals surface area contributed by atoms with E-state index in [2.05, 4.69) is 15.3 Å². The van der Waals surface area contributed by atoms with Crippen molar-refractivity contribution < 1.29 is 26.9 Å². The van der Waals surface area contributed by atoms with Gasteiger partial charge >= 0.3 is 12.2 Å². The molecule has 2 amide bonds. The van der Waals surface area contributed by atoms with Gasteiger partial charge in [-0.3, -0.25) is 9.78 Å². The van der Waals surface area contributed by atoms with Gasteiger partial charge in [0, 0.05) is 54.1 Å². The molecule has 0 unspecified atom stereocenters. The maximum Gasteiger partial charge on any atom is 0.496 e. The Bertz CT molecular complexity index is 1410. The SMILES string of the molecule is O=C(Nc1cc(Cl)c(-c2ccc(C(F)(F)F)nc2)cc1F)[N+]1=C2CC[C@@H]1c1c[nH]c(=O)cc1C2. The predicted octanol–water partition coefficient (Wildman–Crippen LogP) is 5.32. The second kappa shape index (κ2) is 8.05. The first-order valence-electron chi connectivity index (χ1n) is 10.3. The van der Waals surface area contributed by atoms with Gasteiger partial charge in [-0.15, -0.1) is 0 Å². The molecule has 2 aliphatic heterocycles. The third-order valence-corrected chi connectivity index (χ3v) is 6.35. The van der Waals surface area contributed by atoms with Gasteiger partial charge in [-0.05, 0) is 24.1 Å². The zero-order valence-electron chi connectivity index (χ0n) is 17.3. The van der Waals surface area contributed by atoms with Crippen LogP contribution in [0, 0.1) is 5.82 Å². The molecule has 1 atom stereocenters. The molecule has 174 valence electrons. The maximum absolute atomic E-state index is 14.9. The Balaban J connectivity index is 1.41. The van der Waals surface area contributed by atoms with Crippen molar-refractivity contribution in [3.05, 3.63) is 80.7 Å². The van der Waals surface area contributed by atoms with Gasteiger partial charge in [0.25, 0.3) is 0 Å². The number of nitrogens with zero attached hydrogens (tertiary/aromatic N) is 2. The van der Waals surface area contributed by atoms with Gasteiger partial charge in [0.05, 0.1) is 10.7 Å². The summed E-state index contributed by atoms with van der Waals surface area (Å²) in [5, 5.41) is 2.58. The Labute approximate surface area is 194 Å². The van der Waals surface area contributed by atoms with Crippen LogP contribution in [-0.2, 0) is 12.6 Å². The van der Waals surface area contributed by atoms with Crippen molar-refractivity contribution in [2.75, 3.05) is 5.32 Å². The van der Waals surface area contributed by atoms with E-state index in [1.54, 1.807) is 10.8 Å². The number of urea groups is 1. The van der Waals surface area contributed by atoms with Crippen LogP contribution in [0.4, 0.5) is 28.0 Å². The number of carbonyl (C=O) groups excluding carboxylic acids is 1. The number of pyridine rings is 2. The summed E-state index contributed by atoms with van der Waals surface area (Å²) < 4.78 is 54.7. The van der Waals surface area contributed by atoms with Crippen LogP contribution in [0.2, 0.25) is 5.02 Å². The molecule has 0 saturated carbocycles. The van der Waals surface area contributed by atoms with Crippen molar-refractivity contribution in [1.29, 1.82) is 0 Å². The number of hydrogen-bond acceptors (Lipinski definition) is 3. The number of nitrogens with one attached hydrogen (secondary N) is 2. The second-order valence-corrected chi connectivity index (χ2v) is 8.52. The summed E-state index contributed by atoms with van der Waals surface area (Å²) in [6.45, 7) is 0. The number of alkyl halides is 3. The van der Waals surface area contributed by atoms with E-state index in [4.69, 9.17) is 11.6 Å². The minimum atomic E-state index is -4.59. The van der Waals surface area contributed by atoms with Crippen molar-refractivity contribution in [3.63, 3.8) is 0 Å². The largest absolute Gasteiger partial charge is 0.496 e. The van der Waals surface area contributed by atoms with Gasteiger partial charge in [-0.1, -0.05) is 17.7 Å². The number of anilines is 1. The second-order valence-electron chi connectivity index (χ2n) is 8.12.